The van der Waals surface area contributed by atoms with Crippen LogP contribution in [0.15, 0.2) is 12.1 Å². The minimum atomic E-state index is -0.515. The fourth-order valence-electron chi connectivity index (χ4n) is 2.85. The van der Waals surface area contributed by atoms with Gasteiger partial charge in [-0.3, -0.25) is 4.79 Å². The maximum Gasteiger partial charge on any atom is 0.319 e. The fourth-order valence-corrected chi connectivity index (χ4v) is 2.85. The largest absolute Gasteiger partial charge is 0.497 e. The molecule has 0 spiro atoms. The third-order valence-electron chi connectivity index (χ3n) is 4.39. The van der Waals surface area contributed by atoms with Crippen molar-refractivity contribution in [2.75, 3.05) is 59.2 Å². The summed E-state index contributed by atoms with van der Waals surface area (Å²) in [4.78, 5) is 25.9. The molecule has 0 heterocycles. The zero-order valence-electron chi connectivity index (χ0n) is 19.0. The molecule has 0 saturated heterocycles. The number of aliphatic hydroxyl groups excluding tert-OH is 2. The van der Waals surface area contributed by atoms with E-state index < -0.39 is 6.03 Å². The van der Waals surface area contributed by atoms with Gasteiger partial charge in [0.1, 0.15) is 11.5 Å². The number of carbonyl (C=O) groups excluding carboxylic acids is 2. The highest BCUT2D eigenvalue weighted by molar-refractivity contribution is 5.92. The molecular weight excluding hydrogens is 406 g/mol. The van der Waals surface area contributed by atoms with Crippen LogP contribution < -0.4 is 20.1 Å². The lowest BCUT2D eigenvalue weighted by Gasteiger charge is -2.25. The highest BCUT2D eigenvalue weighted by Gasteiger charge is 2.24. The number of carbonyl (C=O) groups is 2. The molecule has 0 radical (unpaired) electrons. The molecule has 0 fully saturated rings. The van der Waals surface area contributed by atoms with Crippen LogP contribution in [-0.2, 0) is 14.9 Å². The topological polar surface area (TPSA) is 130 Å². The van der Waals surface area contributed by atoms with E-state index >= 15 is 0 Å². The van der Waals surface area contributed by atoms with E-state index in [0.29, 0.717) is 17.2 Å². The summed E-state index contributed by atoms with van der Waals surface area (Å²) >= 11 is 0. The highest BCUT2D eigenvalue weighted by Crippen LogP contribution is 2.40. The molecule has 0 bridgehead atoms. The Hall–Kier alpha value is -2.56. The van der Waals surface area contributed by atoms with Gasteiger partial charge in [0, 0.05) is 44.8 Å². The van der Waals surface area contributed by atoms with Gasteiger partial charge in [-0.2, -0.15) is 0 Å². The van der Waals surface area contributed by atoms with Gasteiger partial charge in [0.15, 0.2) is 6.79 Å². The van der Waals surface area contributed by atoms with Gasteiger partial charge in [-0.05, 0) is 11.5 Å². The third-order valence-corrected chi connectivity index (χ3v) is 4.39. The molecule has 0 aromatic heterocycles. The van der Waals surface area contributed by atoms with E-state index in [9.17, 15) is 9.59 Å². The summed E-state index contributed by atoms with van der Waals surface area (Å²) in [7, 11) is 3.05. The molecule has 176 valence electrons. The van der Waals surface area contributed by atoms with Crippen LogP contribution in [0.2, 0.25) is 0 Å². The van der Waals surface area contributed by atoms with Crippen LogP contribution in [0.5, 0.6) is 11.5 Å². The number of benzene rings is 1. The first-order chi connectivity index (χ1) is 14.7. The molecule has 0 unspecified atom stereocenters. The Kier molecular flexibility index (Phi) is 11.1. The summed E-state index contributed by atoms with van der Waals surface area (Å²) in [5.41, 5.74) is 0.949. The monoisotopic (exact) mass is 441 g/mol. The molecule has 1 aromatic rings. The van der Waals surface area contributed by atoms with Crippen molar-refractivity contribution in [3.05, 3.63) is 17.7 Å². The number of urea groups is 1. The smallest absolute Gasteiger partial charge is 0.319 e. The summed E-state index contributed by atoms with van der Waals surface area (Å²) in [6.07, 6.45) is 0.0335. The average molecular weight is 442 g/mol. The second kappa shape index (κ2) is 13.0. The molecule has 10 nitrogen and oxygen atoms in total. The zero-order chi connectivity index (χ0) is 23.4. The molecule has 0 aliphatic rings. The van der Waals surface area contributed by atoms with E-state index in [1.165, 1.54) is 19.1 Å². The summed E-state index contributed by atoms with van der Waals surface area (Å²) in [6.45, 7) is 6.00. The van der Waals surface area contributed by atoms with Crippen LogP contribution in [0.4, 0.5) is 10.5 Å². The van der Waals surface area contributed by atoms with Gasteiger partial charge >= 0.3 is 6.03 Å². The van der Waals surface area contributed by atoms with Crippen LogP contribution in [0.25, 0.3) is 0 Å². The standard InChI is InChI=1S/C21H35N3O7/c1-21(2,3)16-12-15(30-5)13-17(19(16)31-14-29-4)23-20(28)22-7-6-18(27)24(8-10-25)9-11-26/h12-13,25-26H,6-11,14H2,1-5H3,(H2,22,23,28). The molecule has 0 saturated carbocycles. The lowest BCUT2D eigenvalue weighted by Crippen LogP contribution is -2.38. The van der Waals surface area contributed by atoms with Crippen molar-refractivity contribution in [2.24, 2.45) is 0 Å². The Balaban J connectivity index is 2.90. The average Bonchev–Trinajstić information content (AvgIpc) is 2.71. The molecule has 10 heteroatoms. The van der Waals surface area contributed by atoms with Crippen LogP contribution in [0, 0.1) is 0 Å². The van der Waals surface area contributed by atoms with E-state index in [1.807, 2.05) is 26.8 Å². The molecule has 0 atom stereocenters. The maximum absolute atomic E-state index is 12.4. The predicted molar refractivity (Wildman–Crippen MR) is 117 cm³/mol. The number of hydrogen-bond donors (Lipinski definition) is 4. The quantitative estimate of drug-likeness (QED) is 0.360. The first-order valence-electron chi connectivity index (χ1n) is 10.1. The molecule has 1 aromatic carbocycles. The first-order valence-corrected chi connectivity index (χ1v) is 10.1. The first kappa shape index (κ1) is 26.5. The van der Waals surface area contributed by atoms with E-state index in [4.69, 9.17) is 24.4 Å². The number of anilines is 1. The van der Waals surface area contributed by atoms with Crippen molar-refractivity contribution < 1.29 is 34.0 Å². The van der Waals surface area contributed by atoms with Crippen molar-refractivity contribution in [2.45, 2.75) is 32.6 Å². The normalized spacial score (nSPS) is 11.1. The van der Waals surface area contributed by atoms with Crippen molar-refractivity contribution in [3.63, 3.8) is 0 Å². The van der Waals surface area contributed by atoms with Gasteiger partial charge in [-0.1, -0.05) is 20.8 Å². The number of methoxy groups -OCH3 is 2. The molecule has 3 amide bonds. The summed E-state index contributed by atoms with van der Waals surface area (Å²) in [5.74, 6) is 0.756. The van der Waals surface area contributed by atoms with Gasteiger partial charge < -0.3 is 40.0 Å². The minimum Gasteiger partial charge on any atom is -0.497 e. The Bertz CT molecular complexity index is 714. The van der Waals surface area contributed by atoms with Crippen molar-refractivity contribution in [1.82, 2.24) is 10.2 Å². The Labute approximate surface area is 183 Å². The Morgan fingerprint density at radius 3 is 2.26 bits per heavy atom. The number of aliphatic hydroxyl groups is 2. The lowest BCUT2D eigenvalue weighted by molar-refractivity contribution is -0.132. The molecule has 31 heavy (non-hydrogen) atoms. The number of rotatable bonds is 12. The third kappa shape index (κ3) is 8.60. The Morgan fingerprint density at radius 2 is 1.74 bits per heavy atom. The Morgan fingerprint density at radius 1 is 1.10 bits per heavy atom. The SMILES string of the molecule is COCOc1c(NC(=O)NCCC(=O)N(CCO)CCO)cc(OC)cc1C(C)(C)C. The van der Waals surface area contributed by atoms with Gasteiger partial charge in [-0.15, -0.1) is 0 Å². The maximum atomic E-state index is 12.4. The number of nitrogens with one attached hydrogen (secondary N) is 2. The van der Waals surface area contributed by atoms with Gasteiger partial charge in [0.2, 0.25) is 5.91 Å². The van der Waals surface area contributed by atoms with Crippen molar-refractivity contribution in [3.8, 4) is 11.5 Å². The molecule has 0 aliphatic heterocycles. The van der Waals surface area contributed by atoms with Crippen molar-refractivity contribution >= 4 is 17.6 Å². The molecule has 1 rings (SSSR count). The second-order valence-corrected chi connectivity index (χ2v) is 7.81. The van der Waals surface area contributed by atoms with Crippen LogP contribution in [0.3, 0.4) is 0 Å². The number of ether oxygens (including phenoxy) is 3. The van der Waals surface area contributed by atoms with E-state index in [2.05, 4.69) is 10.6 Å². The second-order valence-electron chi connectivity index (χ2n) is 7.81. The van der Waals surface area contributed by atoms with Crippen LogP contribution in [0.1, 0.15) is 32.8 Å². The van der Waals surface area contributed by atoms with E-state index in [0.717, 1.165) is 5.56 Å². The molecule has 4 N–H and O–H groups in total. The minimum absolute atomic E-state index is 0.00571. The van der Waals surface area contributed by atoms with E-state index in [-0.39, 0.29) is 57.4 Å². The van der Waals surface area contributed by atoms with Gasteiger partial charge in [0.05, 0.1) is 26.0 Å². The summed E-state index contributed by atoms with van der Waals surface area (Å²) in [6, 6.07) is 2.98. The lowest BCUT2D eigenvalue weighted by atomic mass is 9.85. The zero-order valence-corrected chi connectivity index (χ0v) is 19.0. The number of amides is 3. The fraction of sp³-hybridized carbons (Fsp3) is 0.619. The number of hydrogen-bond acceptors (Lipinski definition) is 7. The molecule has 0 aliphatic carbocycles. The number of nitrogens with zero attached hydrogens (tertiary/aromatic N) is 1. The van der Waals surface area contributed by atoms with Gasteiger partial charge in [-0.25, -0.2) is 4.79 Å². The highest BCUT2D eigenvalue weighted by atomic mass is 16.7. The van der Waals surface area contributed by atoms with Crippen LogP contribution in [-0.4, -0.2) is 80.9 Å². The summed E-state index contributed by atoms with van der Waals surface area (Å²) in [5, 5.41) is 23.4. The van der Waals surface area contributed by atoms with Gasteiger partial charge in [0.25, 0.3) is 0 Å². The summed E-state index contributed by atoms with van der Waals surface area (Å²) < 4.78 is 16.1. The van der Waals surface area contributed by atoms with Crippen LogP contribution >= 0.6 is 0 Å². The van der Waals surface area contributed by atoms with E-state index in [1.54, 1.807) is 6.07 Å². The predicted octanol–water partition coefficient (Wildman–Crippen LogP) is 1.30. The molecular formula is C21H35N3O7. The van der Waals surface area contributed by atoms with Crippen molar-refractivity contribution in [1.29, 1.82) is 0 Å².